The molecule has 0 aromatic rings. The van der Waals surface area contributed by atoms with Gasteiger partial charge in [-0.1, -0.05) is 30.9 Å². The Morgan fingerprint density at radius 2 is 1.86 bits per heavy atom. The summed E-state index contributed by atoms with van der Waals surface area (Å²) in [5, 5.41) is 1.69. The lowest BCUT2D eigenvalue weighted by atomic mass is 10.1. The SMILES string of the molecule is CC1CC/C=C(/[Si](C)(C)C)CC(C)O1. The lowest BCUT2D eigenvalue weighted by Crippen LogP contribution is -2.29. The van der Waals surface area contributed by atoms with E-state index in [1.807, 2.05) is 0 Å². The molecule has 0 spiro atoms. The third kappa shape index (κ3) is 3.58. The Labute approximate surface area is 89.6 Å². The highest BCUT2D eigenvalue weighted by molar-refractivity contribution is 6.83. The molecule has 0 saturated carbocycles. The molecule has 1 aliphatic heterocycles. The summed E-state index contributed by atoms with van der Waals surface area (Å²) in [6.45, 7) is 11.7. The predicted molar refractivity (Wildman–Crippen MR) is 65.3 cm³/mol. The molecule has 1 heterocycles. The largest absolute Gasteiger partial charge is 0.375 e. The second kappa shape index (κ2) is 4.62. The van der Waals surface area contributed by atoms with E-state index in [4.69, 9.17) is 4.74 Å². The van der Waals surface area contributed by atoms with Gasteiger partial charge in [0.15, 0.2) is 0 Å². The fourth-order valence-corrected chi connectivity index (χ4v) is 3.67. The zero-order valence-corrected chi connectivity index (χ0v) is 11.3. The van der Waals surface area contributed by atoms with E-state index < -0.39 is 8.07 Å². The Morgan fingerprint density at radius 1 is 1.21 bits per heavy atom. The normalized spacial score (nSPS) is 34.2. The van der Waals surface area contributed by atoms with Gasteiger partial charge in [0, 0.05) is 0 Å². The van der Waals surface area contributed by atoms with Crippen LogP contribution in [0.3, 0.4) is 0 Å². The van der Waals surface area contributed by atoms with Gasteiger partial charge in [-0.25, -0.2) is 0 Å². The van der Waals surface area contributed by atoms with Crippen molar-refractivity contribution in [2.75, 3.05) is 0 Å². The van der Waals surface area contributed by atoms with Crippen LogP contribution in [0.4, 0.5) is 0 Å². The highest BCUT2D eigenvalue weighted by Gasteiger charge is 2.23. The average molecular weight is 212 g/mol. The van der Waals surface area contributed by atoms with E-state index in [1.54, 1.807) is 5.20 Å². The zero-order chi connectivity index (χ0) is 10.8. The van der Waals surface area contributed by atoms with Crippen molar-refractivity contribution in [3.63, 3.8) is 0 Å². The van der Waals surface area contributed by atoms with Gasteiger partial charge in [0.25, 0.3) is 0 Å². The molecule has 1 rings (SSSR count). The number of hydrogen-bond donors (Lipinski definition) is 0. The minimum absolute atomic E-state index is 0.406. The highest BCUT2D eigenvalue weighted by atomic mass is 28.3. The third-order valence-corrected chi connectivity index (χ3v) is 5.23. The maximum Gasteiger partial charge on any atom is 0.0721 e. The molecule has 0 aromatic carbocycles. The summed E-state index contributed by atoms with van der Waals surface area (Å²) in [5.74, 6) is 0. The topological polar surface area (TPSA) is 9.23 Å². The van der Waals surface area contributed by atoms with Crippen molar-refractivity contribution in [2.24, 2.45) is 0 Å². The minimum Gasteiger partial charge on any atom is -0.375 e. The van der Waals surface area contributed by atoms with Crippen LogP contribution in [0.2, 0.25) is 19.6 Å². The van der Waals surface area contributed by atoms with Gasteiger partial charge in [0.2, 0.25) is 0 Å². The number of ether oxygens (including phenoxy) is 1. The maximum atomic E-state index is 5.90. The molecule has 0 fully saturated rings. The average Bonchev–Trinajstić information content (AvgIpc) is 1.97. The standard InChI is InChI=1S/C12H24OSi/c1-10-7-6-8-12(14(3,4)5)9-11(2)13-10/h8,10-11H,6-7,9H2,1-5H3/b12-8+. The number of allylic oxidation sites excluding steroid dienone is 1. The van der Waals surface area contributed by atoms with Crippen LogP contribution in [0.1, 0.15) is 33.1 Å². The predicted octanol–water partition coefficient (Wildman–Crippen LogP) is 3.77. The summed E-state index contributed by atoms with van der Waals surface area (Å²) in [4.78, 5) is 0. The first-order valence-electron chi connectivity index (χ1n) is 5.74. The molecule has 2 atom stereocenters. The van der Waals surface area contributed by atoms with E-state index in [1.165, 1.54) is 12.8 Å². The van der Waals surface area contributed by atoms with Gasteiger partial charge in [-0.15, -0.1) is 0 Å². The second-order valence-electron chi connectivity index (χ2n) is 5.52. The van der Waals surface area contributed by atoms with Crippen LogP contribution in [0.15, 0.2) is 11.3 Å². The molecule has 0 N–H and O–H groups in total. The van der Waals surface area contributed by atoms with Crippen molar-refractivity contribution in [3.05, 3.63) is 11.3 Å². The van der Waals surface area contributed by atoms with Crippen LogP contribution in [-0.2, 0) is 4.74 Å². The lowest BCUT2D eigenvalue weighted by molar-refractivity contribution is 0.00383. The van der Waals surface area contributed by atoms with Gasteiger partial charge in [-0.2, -0.15) is 0 Å². The molecule has 1 nitrogen and oxygen atoms in total. The van der Waals surface area contributed by atoms with Gasteiger partial charge in [-0.3, -0.25) is 0 Å². The molecule has 0 aliphatic carbocycles. The maximum absolute atomic E-state index is 5.90. The van der Waals surface area contributed by atoms with Crippen LogP contribution in [0, 0.1) is 0 Å². The summed E-state index contributed by atoms with van der Waals surface area (Å²) in [7, 11) is -1.09. The van der Waals surface area contributed by atoms with E-state index in [-0.39, 0.29) is 0 Å². The molecule has 1 aliphatic rings. The summed E-state index contributed by atoms with van der Waals surface area (Å²) >= 11 is 0. The van der Waals surface area contributed by atoms with E-state index in [2.05, 4.69) is 39.6 Å². The van der Waals surface area contributed by atoms with Gasteiger partial charge in [0.1, 0.15) is 0 Å². The first-order valence-corrected chi connectivity index (χ1v) is 9.24. The number of rotatable bonds is 1. The Kier molecular flexibility index (Phi) is 3.96. The molecular weight excluding hydrogens is 188 g/mol. The van der Waals surface area contributed by atoms with Crippen molar-refractivity contribution < 1.29 is 4.74 Å². The van der Waals surface area contributed by atoms with E-state index >= 15 is 0 Å². The number of hydrogen-bond acceptors (Lipinski definition) is 1. The molecule has 0 radical (unpaired) electrons. The van der Waals surface area contributed by atoms with Crippen molar-refractivity contribution in [1.82, 2.24) is 0 Å². The molecule has 0 saturated heterocycles. The molecule has 0 amide bonds. The molecule has 0 aromatic heterocycles. The van der Waals surface area contributed by atoms with Crippen molar-refractivity contribution in [3.8, 4) is 0 Å². The van der Waals surface area contributed by atoms with Crippen LogP contribution < -0.4 is 0 Å². The highest BCUT2D eigenvalue weighted by Crippen LogP contribution is 2.25. The Balaban J connectivity index is 2.72. The monoisotopic (exact) mass is 212 g/mol. The van der Waals surface area contributed by atoms with E-state index in [0.29, 0.717) is 12.2 Å². The van der Waals surface area contributed by atoms with Crippen molar-refractivity contribution in [2.45, 2.75) is 65.0 Å². The van der Waals surface area contributed by atoms with E-state index in [9.17, 15) is 0 Å². The van der Waals surface area contributed by atoms with Crippen molar-refractivity contribution in [1.29, 1.82) is 0 Å². The summed E-state index contributed by atoms with van der Waals surface area (Å²) < 4.78 is 5.90. The molecule has 14 heavy (non-hydrogen) atoms. The summed E-state index contributed by atoms with van der Waals surface area (Å²) in [5.41, 5.74) is 0. The summed E-state index contributed by atoms with van der Waals surface area (Å²) in [6, 6.07) is 0. The fraction of sp³-hybridized carbons (Fsp3) is 0.833. The Hall–Kier alpha value is -0.0831. The quantitative estimate of drug-likeness (QED) is 0.601. The molecule has 0 bridgehead atoms. The summed E-state index contributed by atoms with van der Waals surface area (Å²) in [6.07, 6.45) is 6.86. The zero-order valence-electron chi connectivity index (χ0n) is 10.3. The fourth-order valence-electron chi connectivity index (χ4n) is 2.01. The smallest absolute Gasteiger partial charge is 0.0721 e. The lowest BCUT2D eigenvalue weighted by Gasteiger charge is -2.28. The van der Waals surface area contributed by atoms with Gasteiger partial charge >= 0.3 is 0 Å². The molecule has 2 heteroatoms. The Bertz CT molecular complexity index is 215. The van der Waals surface area contributed by atoms with Crippen LogP contribution >= 0.6 is 0 Å². The second-order valence-corrected chi connectivity index (χ2v) is 10.7. The van der Waals surface area contributed by atoms with Crippen LogP contribution in [0.25, 0.3) is 0 Å². The Morgan fingerprint density at radius 3 is 2.43 bits per heavy atom. The van der Waals surface area contributed by atoms with E-state index in [0.717, 1.165) is 6.42 Å². The molecule has 82 valence electrons. The van der Waals surface area contributed by atoms with Gasteiger partial charge in [-0.05, 0) is 33.1 Å². The van der Waals surface area contributed by atoms with Gasteiger partial charge in [0.05, 0.1) is 20.3 Å². The van der Waals surface area contributed by atoms with Crippen LogP contribution in [-0.4, -0.2) is 20.3 Å². The van der Waals surface area contributed by atoms with Gasteiger partial charge < -0.3 is 4.74 Å². The van der Waals surface area contributed by atoms with Crippen LogP contribution in [0.5, 0.6) is 0 Å². The first-order chi connectivity index (χ1) is 6.39. The molecule has 2 unspecified atom stereocenters. The molecular formula is C12H24OSi. The van der Waals surface area contributed by atoms with Crippen molar-refractivity contribution >= 4 is 8.07 Å². The third-order valence-electron chi connectivity index (χ3n) is 2.90. The minimum atomic E-state index is -1.09. The first kappa shape index (κ1) is 12.0.